The van der Waals surface area contributed by atoms with Gasteiger partial charge in [-0.05, 0) is 30.7 Å². The first-order valence-electron chi connectivity index (χ1n) is 6.23. The van der Waals surface area contributed by atoms with E-state index in [1.54, 1.807) is 31.2 Å². The first-order valence-corrected chi connectivity index (χ1v) is 7.71. The molecule has 2 rings (SSSR count). The molecule has 0 aliphatic carbocycles. The number of aromatic nitrogens is 1. The number of anilines is 1. The summed E-state index contributed by atoms with van der Waals surface area (Å²) in [5.41, 5.74) is 0.996. The molecule has 0 spiro atoms. The fourth-order valence-electron chi connectivity index (χ4n) is 1.70. The highest BCUT2D eigenvalue weighted by atomic mass is 32.2. The van der Waals surface area contributed by atoms with Crippen LogP contribution in [-0.2, 0) is 10.0 Å². The second kappa shape index (κ2) is 6.11. The van der Waals surface area contributed by atoms with Crippen molar-refractivity contribution in [2.45, 2.75) is 17.9 Å². The highest BCUT2D eigenvalue weighted by Gasteiger charge is 2.14. The topological polar surface area (TPSA) is 88.5 Å². The molecule has 6 nitrogen and oxygen atoms in total. The summed E-state index contributed by atoms with van der Waals surface area (Å²) in [6.45, 7) is 1.62. The summed E-state index contributed by atoms with van der Waals surface area (Å²) in [5.74, 6) is 0.402. The fraction of sp³-hybridized carbons (Fsp3) is 0.214. The van der Waals surface area contributed by atoms with E-state index in [9.17, 15) is 13.5 Å². The van der Waals surface area contributed by atoms with Crippen LogP contribution in [0.5, 0.6) is 5.88 Å². The highest BCUT2D eigenvalue weighted by molar-refractivity contribution is 7.92. The predicted molar refractivity (Wildman–Crippen MR) is 78.7 cm³/mol. The summed E-state index contributed by atoms with van der Waals surface area (Å²) < 4.78 is 31.7. The molecule has 2 aromatic rings. The number of aliphatic hydroxyl groups excluding tert-OH is 1. The van der Waals surface area contributed by atoms with Gasteiger partial charge >= 0.3 is 0 Å². The Labute approximate surface area is 123 Å². The van der Waals surface area contributed by atoms with Crippen molar-refractivity contribution in [1.82, 2.24) is 4.98 Å². The maximum atomic E-state index is 12.2. The van der Waals surface area contributed by atoms with Gasteiger partial charge in [-0.2, -0.15) is 0 Å². The monoisotopic (exact) mass is 308 g/mol. The zero-order valence-corrected chi connectivity index (χ0v) is 12.5. The Morgan fingerprint density at radius 3 is 2.33 bits per heavy atom. The molecular formula is C14H16N2O4S. The molecular weight excluding hydrogens is 292 g/mol. The summed E-state index contributed by atoms with van der Waals surface area (Å²) >= 11 is 0. The van der Waals surface area contributed by atoms with E-state index in [4.69, 9.17) is 4.74 Å². The van der Waals surface area contributed by atoms with Crippen LogP contribution in [0.15, 0.2) is 47.5 Å². The number of nitrogens with one attached hydrogen (secondary N) is 1. The molecule has 1 unspecified atom stereocenters. The van der Waals surface area contributed by atoms with E-state index in [0.29, 0.717) is 17.1 Å². The molecule has 1 aromatic carbocycles. The number of nitrogens with zero attached hydrogens (tertiary/aromatic N) is 1. The lowest BCUT2D eigenvalue weighted by atomic mass is 10.1. The Hall–Kier alpha value is -2.12. The third kappa shape index (κ3) is 3.71. The van der Waals surface area contributed by atoms with Gasteiger partial charge in [0.25, 0.3) is 10.0 Å². The van der Waals surface area contributed by atoms with Crippen LogP contribution < -0.4 is 9.46 Å². The molecule has 1 atom stereocenters. The van der Waals surface area contributed by atoms with Gasteiger partial charge in [-0.1, -0.05) is 12.1 Å². The van der Waals surface area contributed by atoms with Crippen molar-refractivity contribution in [3.05, 3.63) is 48.2 Å². The third-order valence-electron chi connectivity index (χ3n) is 2.87. The number of aliphatic hydroxyl groups is 1. The minimum absolute atomic E-state index is 0.114. The molecule has 112 valence electrons. The third-order valence-corrected chi connectivity index (χ3v) is 4.27. The standard InChI is InChI=1S/C14H16N2O4S/c1-10(17)11-3-6-13(7-4-11)21(18,19)16-12-5-8-14(20-2)15-9-12/h3-10,16-17H,1-2H3. The first kappa shape index (κ1) is 15.3. The van der Waals surface area contributed by atoms with Crippen LogP contribution >= 0.6 is 0 Å². The Morgan fingerprint density at radius 1 is 1.19 bits per heavy atom. The van der Waals surface area contributed by atoms with Gasteiger partial charge in [-0.3, -0.25) is 4.72 Å². The molecule has 0 fully saturated rings. The summed E-state index contributed by atoms with van der Waals surface area (Å²) in [5, 5.41) is 9.42. The molecule has 0 saturated heterocycles. The van der Waals surface area contributed by atoms with Crippen LogP contribution in [-0.4, -0.2) is 25.6 Å². The van der Waals surface area contributed by atoms with Crippen molar-refractivity contribution < 1.29 is 18.3 Å². The maximum absolute atomic E-state index is 12.2. The minimum Gasteiger partial charge on any atom is -0.481 e. The molecule has 0 aliphatic rings. The van der Waals surface area contributed by atoms with E-state index in [0.717, 1.165) is 0 Å². The van der Waals surface area contributed by atoms with E-state index in [2.05, 4.69) is 9.71 Å². The van der Waals surface area contributed by atoms with Crippen LogP contribution in [0, 0.1) is 0 Å². The van der Waals surface area contributed by atoms with Gasteiger partial charge in [0.15, 0.2) is 0 Å². The highest BCUT2D eigenvalue weighted by Crippen LogP contribution is 2.19. The number of ether oxygens (including phenoxy) is 1. The summed E-state index contributed by atoms with van der Waals surface area (Å²) in [7, 11) is -2.21. The number of hydrogen-bond acceptors (Lipinski definition) is 5. The van der Waals surface area contributed by atoms with Crippen LogP contribution in [0.4, 0.5) is 5.69 Å². The maximum Gasteiger partial charge on any atom is 0.261 e. The summed E-state index contributed by atoms with van der Waals surface area (Å²) in [4.78, 5) is 4.04. The van der Waals surface area contributed by atoms with Gasteiger partial charge in [0.2, 0.25) is 5.88 Å². The first-order chi connectivity index (χ1) is 9.92. The molecule has 0 bridgehead atoms. The lowest BCUT2D eigenvalue weighted by Crippen LogP contribution is -2.13. The number of hydrogen-bond donors (Lipinski definition) is 2. The summed E-state index contributed by atoms with van der Waals surface area (Å²) in [6, 6.07) is 9.17. The Bertz CT molecular complexity index is 695. The van der Waals surface area contributed by atoms with Gasteiger partial charge < -0.3 is 9.84 Å². The molecule has 0 saturated carbocycles. The van der Waals surface area contributed by atoms with Crippen molar-refractivity contribution in [2.75, 3.05) is 11.8 Å². The Balaban J connectivity index is 2.20. The van der Waals surface area contributed by atoms with Gasteiger partial charge in [0.05, 0.1) is 30.0 Å². The molecule has 2 N–H and O–H groups in total. The number of pyridine rings is 1. The fourth-order valence-corrected chi connectivity index (χ4v) is 2.74. The number of benzene rings is 1. The van der Waals surface area contributed by atoms with Gasteiger partial charge in [-0.15, -0.1) is 0 Å². The smallest absolute Gasteiger partial charge is 0.261 e. The molecule has 0 amide bonds. The molecule has 7 heteroatoms. The second-order valence-electron chi connectivity index (χ2n) is 4.44. The van der Waals surface area contributed by atoms with Crippen LogP contribution in [0.25, 0.3) is 0 Å². The average molecular weight is 308 g/mol. The average Bonchev–Trinajstić information content (AvgIpc) is 2.48. The molecule has 0 radical (unpaired) electrons. The number of sulfonamides is 1. The normalized spacial score (nSPS) is 12.7. The Morgan fingerprint density at radius 2 is 1.86 bits per heavy atom. The van der Waals surface area contributed by atoms with E-state index in [-0.39, 0.29) is 4.90 Å². The Kier molecular flexibility index (Phi) is 4.44. The van der Waals surface area contributed by atoms with Gasteiger partial charge in [-0.25, -0.2) is 13.4 Å². The predicted octanol–water partition coefficient (Wildman–Crippen LogP) is 1.94. The minimum atomic E-state index is -3.69. The summed E-state index contributed by atoms with van der Waals surface area (Å²) in [6.07, 6.45) is 0.737. The van der Waals surface area contributed by atoms with E-state index < -0.39 is 16.1 Å². The zero-order chi connectivity index (χ0) is 15.5. The quantitative estimate of drug-likeness (QED) is 0.881. The molecule has 0 aliphatic heterocycles. The van der Waals surface area contributed by atoms with E-state index in [1.807, 2.05) is 0 Å². The second-order valence-corrected chi connectivity index (χ2v) is 6.12. The lowest BCUT2D eigenvalue weighted by Gasteiger charge is -2.09. The van der Waals surface area contributed by atoms with Crippen molar-refractivity contribution in [3.8, 4) is 5.88 Å². The molecule has 21 heavy (non-hydrogen) atoms. The number of rotatable bonds is 5. The van der Waals surface area contributed by atoms with Crippen molar-refractivity contribution >= 4 is 15.7 Å². The van der Waals surface area contributed by atoms with Gasteiger partial charge in [0.1, 0.15) is 0 Å². The van der Waals surface area contributed by atoms with Crippen molar-refractivity contribution in [3.63, 3.8) is 0 Å². The lowest BCUT2D eigenvalue weighted by molar-refractivity contribution is 0.199. The largest absolute Gasteiger partial charge is 0.481 e. The van der Waals surface area contributed by atoms with Gasteiger partial charge in [0, 0.05) is 6.07 Å². The van der Waals surface area contributed by atoms with Crippen molar-refractivity contribution in [1.29, 1.82) is 0 Å². The number of methoxy groups -OCH3 is 1. The van der Waals surface area contributed by atoms with Crippen LogP contribution in [0.1, 0.15) is 18.6 Å². The molecule has 1 heterocycles. The van der Waals surface area contributed by atoms with Crippen LogP contribution in [0.3, 0.4) is 0 Å². The van der Waals surface area contributed by atoms with E-state index in [1.165, 1.54) is 25.4 Å². The zero-order valence-electron chi connectivity index (χ0n) is 11.6. The van der Waals surface area contributed by atoms with Crippen molar-refractivity contribution in [2.24, 2.45) is 0 Å². The van der Waals surface area contributed by atoms with Crippen LogP contribution in [0.2, 0.25) is 0 Å². The SMILES string of the molecule is COc1ccc(NS(=O)(=O)c2ccc(C(C)O)cc2)cn1. The van der Waals surface area contributed by atoms with E-state index >= 15 is 0 Å². The molecule has 1 aromatic heterocycles.